The summed E-state index contributed by atoms with van der Waals surface area (Å²) in [6, 6.07) is 9.68. The van der Waals surface area contributed by atoms with Crippen LogP contribution in [0.4, 0.5) is 4.79 Å². The van der Waals surface area contributed by atoms with Crippen molar-refractivity contribution in [2.45, 2.75) is 51.8 Å². The van der Waals surface area contributed by atoms with Gasteiger partial charge in [-0.3, -0.25) is 0 Å². The fraction of sp³-hybridized carbons (Fsp3) is 0.611. The molecule has 0 heterocycles. The van der Waals surface area contributed by atoms with Gasteiger partial charge < -0.3 is 20.1 Å². The molecule has 0 aromatic heterocycles. The first-order valence-electron chi connectivity index (χ1n) is 7.91. The first-order chi connectivity index (χ1) is 10.6. The molecule has 1 atom stereocenters. The zero-order valence-corrected chi connectivity index (χ0v) is 15.1. The van der Waals surface area contributed by atoms with E-state index >= 15 is 0 Å². The molecule has 1 rings (SSSR count). The van der Waals surface area contributed by atoms with Crippen LogP contribution in [0.1, 0.15) is 46.2 Å². The van der Waals surface area contributed by atoms with E-state index in [1.807, 2.05) is 51.1 Å². The topological polar surface area (TPSA) is 59.6 Å². The molecule has 0 bridgehead atoms. The highest BCUT2D eigenvalue weighted by Gasteiger charge is 2.23. The molecule has 1 aromatic carbocycles. The van der Waals surface area contributed by atoms with Gasteiger partial charge in [-0.15, -0.1) is 0 Å². The number of amides is 1. The van der Waals surface area contributed by atoms with E-state index in [2.05, 4.69) is 24.5 Å². The Hall–Kier alpha value is -1.59. The van der Waals surface area contributed by atoms with Gasteiger partial charge in [-0.1, -0.05) is 30.3 Å². The van der Waals surface area contributed by atoms with Crippen LogP contribution in [0, 0.1) is 0 Å². The summed E-state index contributed by atoms with van der Waals surface area (Å²) in [6.07, 6.45) is -0.419. The zero-order valence-electron chi connectivity index (χ0n) is 15.1. The van der Waals surface area contributed by atoms with Gasteiger partial charge in [0.15, 0.2) is 0 Å². The maximum absolute atomic E-state index is 12.1. The minimum atomic E-state index is -0.520. The first-order valence-corrected chi connectivity index (χ1v) is 7.91. The number of alkyl carbamates (subject to hydrolysis) is 1. The predicted octanol–water partition coefficient (Wildman–Crippen LogP) is 3.27. The number of hydrogen-bond donors (Lipinski definition) is 2. The normalized spacial score (nSPS) is 13.5. The second kappa shape index (κ2) is 8.31. The van der Waals surface area contributed by atoms with Crippen LogP contribution in [0.15, 0.2) is 30.3 Å². The Morgan fingerprint density at radius 1 is 1.13 bits per heavy atom. The number of rotatable bonds is 7. The van der Waals surface area contributed by atoms with Gasteiger partial charge >= 0.3 is 6.09 Å². The quantitative estimate of drug-likeness (QED) is 0.809. The molecule has 5 nitrogen and oxygen atoms in total. The van der Waals surface area contributed by atoms with E-state index in [9.17, 15) is 4.79 Å². The molecule has 0 spiro atoms. The van der Waals surface area contributed by atoms with Crippen molar-refractivity contribution in [2.75, 3.05) is 20.3 Å². The van der Waals surface area contributed by atoms with Crippen LogP contribution in [0.3, 0.4) is 0 Å². The fourth-order valence-electron chi connectivity index (χ4n) is 2.18. The highest BCUT2D eigenvalue weighted by molar-refractivity contribution is 5.68. The SMILES string of the molecule is COCC(C)(C)NC[C@H](NC(=O)OC(C)(C)C)c1ccccc1. The van der Waals surface area contributed by atoms with Gasteiger partial charge in [-0.05, 0) is 40.2 Å². The average Bonchev–Trinajstić information content (AvgIpc) is 2.42. The highest BCUT2D eigenvalue weighted by Crippen LogP contribution is 2.15. The fourth-order valence-corrected chi connectivity index (χ4v) is 2.18. The van der Waals surface area contributed by atoms with E-state index in [1.165, 1.54) is 0 Å². The lowest BCUT2D eigenvalue weighted by Gasteiger charge is -2.29. The minimum absolute atomic E-state index is 0.179. The first kappa shape index (κ1) is 19.5. The summed E-state index contributed by atoms with van der Waals surface area (Å²) >= 11 is 0. The van der Waals surface area contributed by atoms with Crippen molar-refractivity contribution in [1.29, 1.82) is 0 Å². The molecule has 1 amide bonds. The van der Waals surface area contributed by atoms with Crippen LogP contribution in [0.25, 0.3) is 0 Å². The third-order valence-corrected chi connectivity index (χ3v) is 3.18. The second-order valence-corrected chi connectivity index (χ2v) is 7.31. The van der Waals surface area contributed by atoms with Gasteiger partial charge in [0.25, 0.3) is 0 Å². The Morgan fingerprint density at radius 3 is 2.26 bits per heavy atom. The number of carbonyl (C=O) groups is 1. The molecular formula is C18H30N2O3. The second-order valence-electron chi connectivity index (χ2n) is 7.31. The zero-order chi connectivity index (χ0) is 17.5. The largest absolute Gasteiger partial charge is 0.444 e. The summed E-state index contributed by atoms with van der Waals surface area (Å²) in [6.45, 7) is 10.8. The van der Waals surface area contributed by atoms with Crippen LogP contribution in [-0.2, 0) is 9.47 Å². The van der Waals surface area contributed by atoms with E-state index in [1.54, 1.807) is 7.11 Å². The molecular weight excluding hydrogens is 292 g/mol. The van der Waals surface area contributed by atoms with Gasteiger partial charge in [0.05, 0.1) is 12.6 Å². The molecule has 0 saturated carbocycles. The van der Waals surface area contributed by atoms with E-state index in [-0.39, 0.29) is 11.6 Å². The van der Waals surface area contributed by atoms with Crippen molar-refractivity contribution in [3.05, 3.63) is 35.9 Å². The summed E-state index contributed by atoms with van der Waals surface area (Å²) in [4.78, 5) is 12.1. The van der Waals surface area contributed by atoms with Crippen LogP contribution in [-0.4, -0.2) is 37.5 Å². The summed E-state index contributed by atoms with van der Waals surface area (Å²) in [7, 11) is 1.68. The van der Waals surface area contributed by atoms with Crippen molar-refractivity contribution < 1.29 is 14.3 Å². The van der Waals surface area contributed by atoms with E-state index in [0.717, 1.165) is 5.56 Å². The molecule has 0 radical (unpaired) electrons. The summed E-state index contributed by atoms with van der Waals surface area (Å²) in [5.41, 5.74) is 0.324. The number of ether oxygens (including phenoxy) is 2. The van der Waals surface area contributed by atoms with Gasteiger partial charge in [0.2, 0.25) is 0 Å². The van der Waals surface area contributed by atoms with Gasteiger partial charge in [-0.25, -0.2) is 4.79 Å². The summed E-state index contributed by atoms with van der Waals surface area (Å²) in [5.74, 6) is 0. The number of carbonyl (C=O) groups excluding carboxylic acids is 1. The minimum Gasteiger partial charge on any atom is -0.444 e. The van der Waals surface area contributed by atoms with E-state index < -0.39 is 11.7 Å². The number of methoxy groups -OCH3 is 1. The lowest BCUT2D eigenvalue weighted by molar-refractivity contribution is 0.0498. The lowest BCUT2D eigenvalue weighted by atomic mass is 10.0. The van der Waals surface area contributed by atoms with E-state index in [0.29, 0.717) is 13.2 Å². The summed E-state index contributed by atoms with van der Waals surface area (Å²) in [5, 5.41) is 6.37. The third kappa shape index (κ3) is 8.00. The Balaban J connectivity index is 2.77. The van der Waals surface area contributed by atoms with Crippen molar-refractivity contribution in [1.82, 2.24) is 10.6 Å². The molecule has 0 unspecified atom stereocenters. The Morgan fingerprint density at radius 2 is 1.74 bits per heavy atom. The molecule has 0 aliphatic rings. The van der Waals surface area contributed by atoms with Crippen molar-refractivity contribution >= 4 is 6.09 Å². The Labute approximate surface area is 139 Å². The van der Waals surface area contributed by atoms with Crippen molar-refractivity contribution in [3.63, 3.8) is 0 Å². The maximum Gasteiger partial charge on any atom is 0.408 e. The highest BCUT2D eigenvalue weighted by atomic mass is 16.6. The molecule has 0 fully saturated rings. The molecule has 0 aliphatic heterocycles. The smallest absolute Gasteiger partial charge is 0.408 e. The Bertz CT molecular complexity index is 481. The van der Waals surface area contributed by atoms with Crippen LogP contribution in [0.2, 0.25) is 0 Å². The average molecular weight is 322 g/mol. The van der Waals surface area contributed by atoms with Gasteiger partial charge in [0.1, 0.15) is 5.60 Å². The molecule has 130 valence electrons. The number of hydrogen-bond acceptors (Lipinski definition) is 4. The van der Waals surface area contributed by atoms with Crippen LogP contribution >= 0.6 is 0 Å². The molecule has 0 saturated heterocycles. The third-order valence-electron chi connectivity index (χ3n) is 3.18. The van der Waals surface area contributed by atoms with Gasteiger partial charge in [0, 0.05) is 19.2 Å². The Kier molecular flexibility index (Phi) is 7.03. The molecule has 1 aromatic rings. The van der Waals surface area contributed by atoms with Crippen LogP contribution < -0.4 is 10.6 Å². The van der Waals surface area contributed by atoms with Crippen molar-refractivity contribution in [2.24, 2.45) is 0 Å². The molecule has 0 aliphatic carbocycles. The monoisotopic (exact) mass is 322 g/mol. The molecule has 5 heteroatoms. The number of nitrogens with one attached hydrogen (secondary N) is 2. The lowest BCUT2D eigenvalue weighted by Crippen LogP contribution is -2.48. The molecule has 2 N–H and O–H groups in total. The van der Waals surface area contributed by atoms with Crippen molar-refractivity contribution in [3.8, 4) is 0 Å². The van der Waals surface area contributed by atoms with Gasteiger partial charge in [-0.2, -0.15) is 0 Å². The number of benzene rings is 1. The van der Waals surface area contributed by atoms with E-state index in [4.69, 9.17) is 9.47 Å². The summed E-state index contributed by atoms with van der Waals surface area (Å²) < 4.78 is 10.6. The molecule has 23 heavy (non-hydrogen) atoms. The maximum atomic E-state index is 12.1. The predicted molar refractivity (Wildman–Crippen MR) is 92.5 cm³/mol. The van der Waals surface area contributed by atoms with Crippen LogP contribution in [0.5, 0.6) is 0 Å². The standard InChI is InChI=1S/C18H30N2O3/c1-17(2,3)23-16(21)20-15(14-10-8-7-9-11-14)12-19-18(4,5)13-22-6/h7-11,15,19H,12-13H2,1-6H3,(H,20,21)/t15-/m0/s1.